The molecule has 0 aromatic heterocycles. The highest BCUT2D eigenvalue weighted by molar-refractivity contribution is 8.22. The third-order valence-electron chi connectivity index (χ3n) is 4.33. The molecule has 0 bridgehead atoms. The lowest BCUT2D eigenvalue weighted by molar-refractivity contribution is 0.116. The number of nitrogens with zero attached hydrogens (tertiary/aromatic N) is 1. The summed E-state index contributed by atoms with van der Waals surface area (Å²) in [6.07, 6.45) is 1.62. The number of carbonyl (C=O) groups excluding carboxylic acids is 1. The van der Waals surface area contributed by atoms with Crippen LogP contribution in [0.3, 0.4) is 0 Å². The van der Waals surface area contributed by atoms with E-state index in [0.29, 0.717) is 31.7 Å². The maximum Gasteiger partial charge on any atom is 0.407 e. The van der Waals surface area contributed by atoms with Crippen LogP contribution in [0.25, 0.3) is 0 Å². The minimum Gasteiger partial charge on any atom is -0.445 e. The van der Waals surface area contributed by atoms with Gasteiger partial charge in [-0.3, -0.25) is 9.11 Å². The molecule has 0 saturated carbocycles. The number of ether oxygens (including phenoxy) is 1. The van der Waals surface area contributed by atoms with Gasteiger partial charge in [-0.15, -0.1) is 10.8 Å². The van der Waals surface area contributed by atoms with Crippen molar-refractivity contribution >= 4 is 16.9 Å². The average Bonchev–Trinajstić information content (AvgIpc) is 2.54. The van der Waals surface area contributed by atoms with Crippen LogP contribution in [0.15, 0.2) is 30.3 Å². The van der Waals surface area contributed by atoms with Gasteiger partial charge in [0.1, 0.15) is 6.61 Å². The molecule has 2 rings (SSSR count). The Morgan fingerprint density at radius 2 is 1.92 bits per heavy atom. The zero-order valence-corrected chi connectivity index (χ0v) is 15.2. The minimum absolute atomic E-state index is 0.242. The molecule has 6 nitrogen and oxygen atoms in total. The maximum atomic E-state index is 12.0. The molecule has 0 unspecified atom stereocenters. The lowest BCUT2D eigenvalue weighted by Gasteiger charge is -2.48. The van der Waals surface area contributed by atoms with Crippen molar-refractivity contribution in [1.82, 2.24) is 9.62 Å². The fourth-order valence-corrected chi connectivity index (χ4v) is 4.38. The standard InChI is InChI=1S/C17H28N2O4S/c1-3-13-24(21,22)19-11-9-17(2,10-12-19)18-16(20)23-14-15-7-5-4-6-8-15/h4-8,21-22H,3,9-14H2,1-2H3,(H,18,20). The Labute approximate surface area is 145 Å². The van der Waals surface area contributed by atoms with Crippen molar-refractivity contribution in [3.63, 3.8) is 0 Å². The van der Waals surface area contributed by atoms with E-state index >= 15 is 0 Å². The van der Waals surface area contributed by atoms with Gasteiger partial charge < -0.3 is 10.1 Å². The monoisotopic (exact) mass is 356 g/mol. The van der Waals surface area contributed by atoms with Crippen molar-refractivity contribution in [2.75, 3.05) is 18.8 Å². The third-order valence-corrected chi connectivity index (χ3v) is 6.48. The van der Waals surface area contributed by atoms with Crippen LogP contribution in [0, 0.1) is 0 Å². The minimum atomic E-state index is -2.67. The number of nitrogens with one attached hydrogen (secondary N) is 1. The number of benzene rings is 1. The molecule has 24 heavy (non-hydrogen) atoms. The van der Waals surface area contributed by atoms with Crippen LogP contribution in [-0.4, -0.2) is 43.9 Å². The molecule has 0 aliphatic carbocycles. The normalized spacial score (nSPS) is 18.8. The van der Waals surface area contributed by atoms with Gasteiger partial charge >= 0.3 is 6.09 Å². The van der Waals surface area contributed by atoms with E-state index in [2.05, 4.69) is 5.32 Å². The fourth-order valence-electron chi connectivity index (χ4n) is 2.81. The van der Waals surface area contributed by atoms with Crippen molar-refractivity contribution < 1.29 is 18.6 Å². The summed E-state index contributed by atoms with van der Waals surface area (Å²) in [5.74, 6) is 0.399. The first-order chi connectivity index (χ1) is 11.3. The second-order valence-corrected chi connectivity index (χ2v) is 8.70. The quantitative estimate of drug-likeness (QED) is 0.721. The topological polar surface area (TPSA) is 82.0 Å². The predicted octanol–water partition coefficient (Wildman–Crippen LogP) is 3.84. The van der Waals surface area contributed by atoms with Gasteiger partial charge in [-0.05, 0) is 31.7 Å². The summed E-state index contributed by atoms with van der Waals surface area (Å²) in [6, 6.07) is 9.55. The van der Waals surface area contributed by atoms with Gasteiger partial charge in [-0.2, -0.15) is 0 Å². The third kappa shape index (κ3) is 5.37. The molecule has 0 radical (unpaired) electrons. The van der Waals surface area contributed by atoms with E-state index in [9.17, 15) is 13.9 Å². The number of rotatable bonds is 6. The van der Waals surface area contributed by atoms with Crippen LogP contribution in [0.2, 0.25) is 0 Å². The summed E-state index contributed by atoms with van der Waals surface area (Å²) in [5.41, 5.74) is 0.563. The Morgan fingerprint density at radius 1 is 1.29 bits per heavy atom. The molecule has 1 aliphatic heterocycles. The molecule has 1 aliphatic rings. The molecule has 0 atom stereocenters. The van der Waals surface area contributed by atoms with E-state index in [-0.39, 0.29) is 12.1 Å². The number of piperidine rings is 1. The van der Waals surface area contributed by atoms with Crippen molar-refractivity contribution in [2.45, 2.75) is 45.3 Å². The second kappa shape index (κ2) is 8.20. The Morgan fingerprint density at radius 3 is 2.50 bits per heavy atom. The summed E-state index contributed by atoms with van der Waals surface area (Å²) < 4.78 is 27.3. The Bertz CT molecular complexity index is 531. The Balaban J connectivity index is 1.79. The zero-order chi connectivity index (χ0) is 17.6. The first-order valence-electron chi connectivity index (χ1n) is 8.34. The predicted molar refractivity (Wildman–Crippen MR) is 97.0 cm³/mol. The molecule has 1 aromatic rings. The van der Waals surface area contributed by atoms with Gasteiger partial charge in [-0.25, -0.2) is 9.10 Å². The molecule has 1 fully saturated rings. The largest absolute Gasteiger partial charge is 0.445 e. The molecular weight excluding hydrogens is 328 g/mol. The molecule has 1 aromatic carbocycles. The number of hydrogen-bond acceptors (Lipinski definition) is 5. The van der Waals surface area contributed by atoms with E-state index in [1.807, 2.05) is 44.2 Å². The zero-order valence-electron chi connectivity index (χ0n) is 14.4. The molecule has 136 valence electrons. The Kier molecular flexibility index (Phi) is 6.51. The summed E-state index contributed by atoms with van der Waals surface area (Å²) in [6.45, 7) is 5.26. The van der Waals surface area contributed by atoms with Crippen LogP contribution >= 0.6 is 10.8 Å². The fraction of sp³-hybridized carbons (Fsp3) is 0.588. The van der Waals surface area contributed by atoms with Gasteiger partial charge in [-0.1, -0.05) is 37.3 Å². The van der Waals surface area contributed by atoms with Crippen molar-refractivity contribution in [3.8, 4) is 0 Å². The van der Waals surface area contributed by atoms with Crippen molar-refractivity contribution in [3.05, 3.63) is 35.9 Å². The number of hydrogen-bond donors (Lipinski definition) is 3. The molecule has 1 heterocycles. The lowest BCUT2D eigenvalue weighted by Crippen LogP contribution is -2.53. The van der Waals surface area contributed by atoms with Crippen LogP contribution in [0.5, 0.6) is 0 Å². The summed E-state index contributed by atoms with van der Waals surface area (Å²) >= 11 is 0. The molecule has 7 heteroatoms. The molecular formula is C17H28N2O4S. The van der Waals surface area contributed by atoms with Crippen molar-refractivity contribution in [2.24, 2.45) is 0 Å². The van der Waals surface area contributed by atoms with Crippen LogP contribution in [0.4, 0.5) is 4.79 Å². The van der Waals surface area contributed by atoms with Gasteiger partial charge in [0.2, 0.25) is 0 Å². The number of carbonyl (C=O) groups is 1. The number of alkyl carbamates (subject to hydrolysis) is 1. The molecule has 0 spiro atoms. The maximum absolute atomic E-state index is 12.0. The van der Waals surface area contributed by atoms with E-state index < -0.39 is 16.9 Å². The van der Waals surface area contributed by atoms with Gasteiger partial charge in [0.25, 0.3) is 0 Å². The highest BCUT2D eigenvalue weighted by Gasteiger charge is 2.35. The summed E-state index contributed by atoms with van der Waals surface area (Å²) in [5, 5.41) is 2.93. The van der Waals surface area contributed by atoms with Gasteiger partial charge in [0.05, 0.1) is 5.75 Å². The smallest absolute Gasteiger partial charge is 0.407 e. The lowest BCUT2D eigenvalue weighted by atomic mass is 9.91. The molecule has 3 N–H and O–H groups in total. The average molecular weight is 356 g/mol. The Hall–Kier alpha value is -1.28. The van der Waals surface area contributed by atoms with Crippen LogP contribution < -0.4 is 5.32 Å². The number of amides is 1. The van der Waals surface area contributed by atoms with Gasteiger partial charge in [0.15, 0.2) is 0 Å². The summed E-state index contributed by atoms with van der Waals surface area (Å²) in [7, 11) is -2.67. The second-order valence-electron chi connectivity index (χ2n) is 6.51. The highest BCUT2D eigenvalue weighted by Crippen LogP contribution is 2.46. The first-order valence-corrected chi connectivity index (χ1v) is 10.0. The van der Waals surface area contributed by atoms with E-state index in [4.69, 9.17) is 4.74 Å². The van der Waals surface area contributed by atoms with Gasteiger partial charge in [0, 0.05) is 18.6 Å². The molecule has 1 saturated heterocycles. The van der Waals surface area contributed by atoms with Crippen LogP contribution in [0.1, 0.15) is 38.7 Å². The molecule has 1 amide bonds. The van der Waals surface area contributed by atoms with E-state index in [1.54, 1.807) is 4.31 Å². The first kappa shape index (κ1) is 19.1. The van der Waals surface area contributed by atoms with Crippen molar-refractivity contribution in [1.29, 1.82) is 0 Å². The van der Waals surface area contributed by atoms with E-state index in [1.165, 1.54) is 0 Å². The SMILES string of the molecule is CCCS(O)(O)N1CCC(C)(NC(=O)OCc2ccccc2)CC1. The summed E-state index contributed by atoms with van der Waals surface area (Å²) in [4.78, 5) is 12.0. The van der Waals surface area contributed by atoms with E-state index in [0.717, 1.165) is 12.0 Å². The highest BCUT2D eigenvalue weighted by atomic mass is 32.3. The van der Waals surface area contributed by atoms with Crippen LogP contribution in [-0.2, 0) is 11.3 Å².